The van der Waals surface area contributed by atoms with Crippen LogP contribution in [-0.2, 0) is 19.7 Å². The lowest BCUT2D eigenvalue weighted by Crippen LogP contribution is -2.60. The topological polar surface area (TPSA) is 140 Å². The highest BCUT2D eigenvalue weighted by Gasteiger charge is 2.46. The van der Waals surface area contributed by atoms with Gasteiger partial charge in [-0.25, -0.2) is 13.2 Å². The maximum atomic E-state index is 13.1. The maximum Gasteiger partial charge on any atom is 0.492 e. The largest absolute Gasteiger partial charge is 0.611 e. The Kier molecular flexibility index (Phi) is 8.32. The average molecular weight is 540 g/mol. The van der Waals surface area contributed by atoms with Crippen molar-refractivity contribution < 1.29 is 36.0 Å². The minimum atomic E-state index is -5.19. The van der Waals surface area contributed by atoms with Crippen molar-refractivity contribution >= 4 is 27.6 Å². The third-order valence-electron chi connectivity index (χ3n) is 6.37. The molecule has 2 fully saturated rings. The van der Waals surface area contributed by atoms with Gasteiger partial charge < -0.3 is 10.0 Å². The Bertz CT molecular complexity index is 1070. The third-order valence-corrected chi connectivity index (χ3v) is 8.50. The molecule has 2 heterocycles. The quantitative estimate of drug-likeness (QED) is 0.316. The number of quaternary nitrogens is 1. The van der Waals surface area contributed by atoms with Gasteiger partial charge in [-0.2, -0.15) is 28.6 Å². The molecule has 1 aromatic carbocycles. The molecule has 3 atom stereocenters. The van der Waals surface area contributed by atoms with Crippen LogP contribution < -0.4 is 5.84 Å². The Morgan fingerprint density at radius 2 is 1.94 bits per heavy atom. The lowest BCUT2D eigenvalue weighted by molar-refractivity contribution is -0.919. The van der Waals surface area contributed by atoms with E-state index in [1.165, 1.54) is 22.5 Å². The summed E-state index contributed by atoms with van der Waals surface area (Å²) in [6.07, 6.45) is -4.40. The molecule has 0 aliphatic carbocycles. The summed E-state index contributed by atoms with van der Waals surface area (Å²) in [5, 5.41) is 23.4. The predicted molar refractivity (Wildman–Crippen MR) is 117 cm³/mol. The molecule has 2 aliphatic heterocycles. The third kappa shape index (κ3) is 6.42. The molecule has 1 aromatic rings. The minimum absolute atomic E-state index is 0.0543. The molecule has 0 spiro atoms. The van der Waals surface area contributed by atoms with Crippen LogP contribution in [0.15, 0.2) is 29.2 Å². The summed E-state index contributed by atoms with van der Waals surface area (Å²) in [6, 6.07) is 5.98. The average Bonchev–Trinajstić information content (AvgIpc) is 3.18. The summed E-state index contributed by atoms with van der Waals surface area (Å²) in [4.78, 5) is 15.5. The second kappa shape index (κ2) is 10.6. The zero-order valence-corrected chi connectivity index (χ0v) is 20.1. The number of alkyl halides is 3. The Balaban J connectivity index is 1.55. The lowest BCUT2D eigenvalue weighted by Gasteiger charge is -2.47. The van der Waals surface area contributed by atoms with Gasteiger partial charge in [0.25, 0.3) is 0 Å². The molecular weight excluding hydrogens is 515 g/mol. The van der Waals surface area contributed by atoms with E-state index in [-0.39, 0.29) is 61.8 Å². The van der Waals surface area contributed by atoms with E-state index in [0.717, 1.165) is 0 Å². The van der Waals surface area contributed by atoms with Crippen LogP contribution in [0.25, 0.3) is 0 Å². The van der Waals surface area contributed by atoms with Crippen molar-refractivity contribution in [2.75, 3.05) is 26.2 Å². The van der Waals surface area contributed by atoms with Crippen LogP contribution in [-0.4, -0.2) is 72.9 Å². The van der Waals surface area contributed by atoms with Crippen LogP contribution in [0.4, 0.5) is 13.2 Å². The summed E-state index contributed by atoms with van der Waals surface area (Å²) in [6.45, 7) is -0.0295. The van der Waals surface area contributed by atoms with Gasteiger partial charge in [0.1, 0.15) is 12.1 Å². The second-order valence-electron chi connectivity index (χ2n) is 8.60. The van der Waals surface area contributed by atoms with Crippen LogP contribution in [0.2, 0.25) is 5.02 Å². The number of carbonyl (C=O) groups is 1. The van der Waals surface area contributed by atoms with Gasteiger partial charge in [-0.1, -0.05) is 17.7 Å². The molecular formula is C20H25ClF3N5O5S. The summed E-state index contributed by atoms with van der Waals surface area (Å²) in [5.41, 5.74) is 0. The molecule has 2 saturated heterocycles. The smallest absolute Gasteiger partial charge is 0.492 e. The normalized spacial score (nSPS) is 24.6. The number of hydrogen-bond donors (Lipinski definition) is 1. The van der Waals surface area contributed by atoms with Crippen LogP contribution in [0.1, 0.15) is 25.7 Å². The molecule has 2 N–H and O–H groups in total. The van der Waals surface area contributed by atoms with Gasteiger partial charge in [0.15, 0.2) is 0 Å². The van der Waals surface area contributed by atoms with Gasteiger partial charge in [0.2, 0.25) is 10.0 Å². The number of piperidine rings is 1. The van der Waals surface area contributed by atoms with E-state index in [0.29, 0.717) is 5.06 Å². The summed E-state index contributed by atoms with van der Waals surface area (Å²) in [5.74, 6) is 3.05. The number of hydrogen-bond acceptors (Lipinski definition) is 8. The first-order chi connectivity index (χ1) is 16.3. The number of nitriles is 1. The Labute approximate surface area is 205 Å². The zero-order chi connectivity index (χ0) is 26.0. The van der Waals surface area contributed by atoms with Gasteiger partial charge >= 0.3 is 12.1 Å². The predicted octanol–water partition coefficient (Wildman–Crippen LogP) is 2.31. The summed E-state index contributed by atoms with van der Waals surface area (Å²) < 4.78 is 63.2. The SMILES string of the molecule is N#CC1C(CC[N+](N)([O-])C2CCN(S(=O)(=O)c3cccc(Cl)c3)CC2)CCN1OC(=O)C(F)(F)F. The molecule has 0 amide bonds. The monoisotopic (exact) mass is 539 g/mol. The summed E-state index contributed by atoms with van der Waals surface area (Å²) in [7, 11) is -3.78. The fourth-order valence-corrected chi connectivity index (χ4v) is 6.18. The van der Waals surface area contributed by atoms with Crippen LogP contribution in [0.3, 0.4) is 0 Å². The Hall–Kier alpha value is -1.99. The van der Waals surface area contributed by atoms with E-state index in [4.69, 9.17) is 17.4 Å². The number of halogens is 4. The van der Waals surface area contributed by atoms with E-state index in [2.05, 4.69) is 4.84 Å². The van der Waals surface area contributed by atoms with Crippen molar-refractivity contribution in [1.29, 1.82) is 5.26 Å². The number of hydroxylamine groups is 4. The maximum absolute atomic E-state index is 13.1. The molecule has 194 valence electrons. The van der Waals surface area contributed by atoms with E-state index in [9.17, 15) is 36.9 Å². The zero-order valence-electron chi connectivity index (χ0n) is 18.5. The van der Waals surface area contributed by atoms with Gasteiger partial charge in [-0.15, -0.1) is 5.06 Å². The van der Waals surface area contributed by atoms with Crippen molar-refractivity contribution in [2.24, 2.45) is 11.8 Å². The Morgan fingerprint density at radius 1 is 1.29 bits per heavy atom. The number of nitrogens with zero attached hydrogens (tertiary/aromatic N) is 4. The van der Waals surface area contributed by atoms with Crippen molar-refractivity contribution in [3.63, 3.8) is 0 Å². The van der Waals surface area contributed by atoms with E-state index < -0.39 is 44.9 Å². The molecule has 3 unspecified atom stereocenters. The molecule has 10 nitrogen and oxygen atoms in total. The highest BCUT2D eigenvalue weighted by Crippen LogP contribution is 2.31. The minimum Gasteiger partial charge on any atom is -0.611 e. The van der Waals surface area contributed by atoms with E-state index in [1.54, 1.807) is 6.07 Å². The molecule has 0 saturated carbocycles. The van der Waals surface area contributed by atoms with Crippen LogP contribution >= 0.6 is 11.6 Å². The van der Waals surface area contributed by atoms with Crippen molar-refractivity contribution in [3.05, 3.63) is 34.5 Å². The highest BCUT2D eigenvalue weighted by atomic mass is 35.5. The van der Waals surface area contributed by atoms with Crippen molar-refractivity contribution in [2.45, 2.75) is 48.8 Å². The molecule has 0 bridgehead atoms. The lowest BCUT2D eigenvalue weighted by atomic mass is 9.96. The molecule has 0 aromatic heterocycles. The molecule has 35 heavy (non-hydrogen) atoms. The van der Waals surface area contributed by atoms with Crippen molar-refractivity contribution in [3.8, 4) is 6.07 Å². The van der Waals surface area contributed by atoms with Crippen LogP contribution in [0.5, 0.6) is 0 Å². The first kappa shape index (κ1) is 27.6. The van der Waals surface area contributed by atoms with Crippen LogP contribution in [0, 0.1) is 22.5 Å². The highest BCUT2D eigenvalue weighted by molar-refractivity contribution is 7.89. The number of rotatable bonds is 7. The van der Waals surface area contributed by atoms with E-state index >= 15 is 0 Å². The number of sulfonamides is 1. The second-order valence-corrected chi connectivity index (χ2v) is 11.0. The molecule has 3 rings (SSSR count). The molecule has 15 heteroatoms. The molecule has 2 aliphatic rings. The number of carbonyl (C=O) groups excluding carboxylic acids is 1. The van der Waals surface area contributed by atoms with Gasteiger partial charge in [0, 0.05) is 43.9 Å². The van der Waals surface area contributed by atoms with Gasteiger partial charge in [0.05, 0.1) is 17.5 Å². The fourth-order valence-electron chi connectivity index (χ4n) is 4.40. The first-order valence-electron chi connectivity index (χ1n) is 10.8. The number of nitrogens with two attached hydrogens (primary N) is 1. The van der Waals surface area contributed by atoms with Gasteiger partial charge in [-0.3, -0.25) is 4.76 Å². The Morgan fingerprint density at radius 3 is 2.51 bits per heavy atom. The summed E-state index contributed by atoms with van der Waals surface area (Å²) >= 11 is 5.89. The molecule has 0 radical (unpaired) electrons. The number of benzene rings is 1. The first-order valence-corrected chi connectivity index (χ1v) is 12.7. The standard InChI is InChI=1S/C20H25ClF3N5O5S/c21-15-2-1-3-17(12-15)35(32,33)27-8-5-16(6-9-27)29(26,31)11-7-14-4-10-28(18(14)13-25)34-19(30)20(22,23)24/h1-3,12,14,16,18H,4-11,26H2. The van der Waals surface area contributed by atoms with E-state index in [1.807, 2.05) is 6.07 Å². The van der Waals surface area contributed by atoms with Gasteiger partial charge in [-0.05, 0) is 30.5 Å². The van der Waals surface area contributed by atoms with Crippen molar-refractivity contribution in [1.82, 2.24) is 9.37 Å². The fraction of sp³-hybridized carbons (Fsp3) is 0.600.